The van der Waals surface area contributed by atoms with Crippen LogP contribution in [-0.2, 0) is 0 Å². The number of hydrogen-bond donors (Lipinski definition) is 1. The number of benzene rings is 2. The first kappa shape index (κ1) is 10.8. The average Bonchev–Trinajstić information content (AvgIpc) is 2.73. The van der Waals surface area contributed by atoms with Crippen LogP contribution in [0.1, 0.15) is 16.8 Å². The molecule has 0 saturated heterocycles. The summed E-state index contributed by atoms with van der Waals surface area (Å²) in [6.07, 6.45) is 4.34. The molecule has 1 nitrogen and oxygen atoms in total. The van der Waals surface area contributed by atoms with Crippen LogP contribution < -0.4 is 0 Å². The zero-order valence-corrected chi connectivity index (χ0v) is 10.4. The second kappa shape index (κ2) is 4.53. The minimum absolute atomic E-state index is 1.20. The van der Waals surface area contributed by atoms with Gasteiger partial charge in [0, 0.05) is 22.2 Å². The van der Waals surface area contributed by atoms with E-state index in [4.69, 9.17) is 0 Å². The van der Waals surface area contributed by atoms with Gasteiger partial charge in [-0.05, 0) is 18.6 Å². The SMILES string of the molecule is Cc1[nH]c2ccccc2c1/C=C/c1ccccc1. The van der Waals surface area contributed by atoms with Crippen LogP contribution in [0, 0.1) is 6.92 Å². The highest BCUT2D eigenvalue weighted by atomic mass is 14.7. The van der Waals surface area contributed by atoms with E-state index in [2.05, 4.69) is 72.6 Å². The zero-order valence-electron chi connectivity index (χ0n) is 10.4. The summed E-state index contributed by atoms with van der Waals surface area (Å²) in [7, 11) is 0. The first-order chi connectivity index (χ1) is 8.84. The fourth-order valence-corrected chi connectivity index (χ4v) is 2.26. The Morgan fingerprint density at radius 1 is 0.833 bits per heavy atom. The molecule has 1 heterocycles. The summed E-state index contributed by atoms with van der Waals surface area (Å²) < 4.78 is 0. The minimum Gasteiger partial charge on any atom is -0.358 e. The Hall–Kier alpha value is -2.28. The van der Waals surface area contributed by atoms with Crippen LogP contribution in [0.2, 0.25) is 0 Å². The van der Waals surface area contributed by atoms with Gasteiger partial charge < -0.3 is 4.98 Å². The Kier molecular flexibility index (Phi) is 2.73. The summed E-state index contributed by atoms with van der Waals surface area (Å²) in [6, 6.07) is 18.8. The molecule has 2 aromatic carbocycles. The third-order valence-electron chi connectivity index (χ3n) is 3.19. The number of H-pyrrole nitrogens is 1. The van der Waals surface area contributed by atoms with Crippen molar-refractivity contribution in [2.24, 2.45) is 0 Å². The van der Waals surface area contributed by atoms with E-state index in [1.54, 1.807) is 0 Å². The molecule has 0 aliphatic carbocycles. The topological polar surface area (TPSA) is 15.8 Å². The lowest BCUT2D eigenvalue weighted by molar-refractivity contribution is 1.29. The monoisotopic (exact) mass is 233 g/mol. The molecule has 18 heavy (non-hydrogen) atoms. The third kappa shape index (κ3) is 1.95. The molecule has 0 amide bonds. The Labute approximate surface area is 107 Å². The van der Waals surface area contributed by atoms with E-state index in [0.717, 1.165) is 0 Å². The maximum Gasteiger partial charge on any atom is 0.0462 e. The number of nitrogens with one attached hydrogen (secondary N) is 1. The number of para-hydroxylation sites is 1. The largest absolute Gasteiger partial charge is 0.358 e. The molecule has 0 saturated carbocycles. The van der Waals surface area contributed by atoms with E-state index in [9.17, 15) is 0 Å². The average molecular weight is 233 g/mol. The van der Waals surface area contributed by atoms with Crippen molar-refractivity contribution in [3.8, 4) is 0 Å². The van der Waals surface area contributed by atoms with Gasteiger partial charge in [-0.25, -0.2) is 0 Å². The van der Waals surface area contributed by atoms with E-state index >= 15 is 0 Å². The van der Waals surface area contributed by atoms with E-state index < -0.39 is 0 Å². The van der Waals surface area contributed by atoms with Gasteiger partial charge in [0.05, 0.1) is 0 Å². The number of aryl methyl sites for hydroxylation is 1. The van der Waals surface area contributed by atoms with Crippen LogP contribution in [0.5, 0.6) is 0 Å². The van der Waals surface area contributed by atoms with Gasteiger partial charge in [-0.15, -0.1) is 0 Å². The van der Waals surface area contributed by atoms with Gasteiger partial charge in [0.25, 0.3) is 0 Å². The van der Waals surface area contributed by atoms with Gasteiger partial charge in [0.15, 0.2) is 0 Å². The van der Waals surface area contributed by atoms with Crippen LogP contribution in [0.3, 0.4) is 0 Å². The van der Waals surface area contributed by atoms with Gasteiger partial charge in [-0.1, -0.05) is 60.7 Å². The van der Waals surface area contributed by atoms with Crippen LogP contribution in [0.15, 0.2) is 54.6 Å². The minimum atomic E-state index is 1.20. The van der Waals surface area contributed by atoms with Gasteiger partial charge in [-0.2, -0.15) is 0 Å². The van der Waals surface area contributed by atoms with Gasteiger partial charge in [0.1, 0.15) is 0 Å². The molecule has 0 radical (unpaired) electrons. The molecule has 1 aromatic heterocycles. The molecule has 0 spiro atoms. The molecule has 0 aliphatic heterocycles. The number of aromatic nitrogens is 1. The van der Waals surface area contributed by atoms with Gasteiger partial charge in [-0.3, -0.25) is 0 Å². The van der Waals surface area contributed by atoms with Crippen molar-refractivity contribution < 1.29 is 0 Å². The molecule has 0 bridgehead atoms. The maximum atomic E-state index is 3.41. The smallest absolute Gasteiger partial charge is 0.0462 e. The fraction of sp³-hybridized carbons (Fsp3) is 0.0588. The Bertz CT molecular complexity index is 690. The zero-order chi connectivity index (χ0) is 12.4. The summed E-state index contributed by atoms with van der Waals surface area (Å²) in [5.41, 5.74) is 4.91. The van der Waals surface area contributed by atoms with Crippen LogP contribution in [0.4, 0.5) is 0 Å². The van der Waals surface area contributed by atoms with E-state index in [1.807, 2.05) is 6.07 Å². The molecule has 3 rings (SSSR count). The summed E-state index contributed by atoms with van der Waals surface area (Å²) in [5, 5.41) is 1.28. The summed E-state index contributed by atoms with van der Waals surface area (Å²) in [4.78, 5) is 3.41. The van der Waals surface area contributed by atoms with Crippen molar-refractivity contribution in [3.05, 3.63) is 71.4 Å². The first-order valence-corrected chi connectivity index (χ1v) is 6.15. The molecular weight excluding hydrogens is 218 g/mol. The summed E-state index contributed by atoms with van der Waals surface area (Å²) >= 11 is 0. The van der Waals surface area contributed by atoms with Crippen LogP contribution in [0.25, 0.3) is 23.1 Å². The quantitative estimate of drug-likeness (QED) is 0.663. The van der Waals surface area contributed by atoms with E-state index in [-0.39, 0.29) is 0 Å². The summed E-state index contributed by atoms with van der Waals surface area (Å²) in [6.45, 7) is 2.12. The van der Waals surface area contributed by atoms with Gasteiger partial charge >= 0.3 is 0 Å². The van der Waals surface area contributed by atoms with Crippen LogP contribution in [-0.4, -0.2) is 4.98 Å². The number of hydrogen-bond acceptors (Lipinski definition) is 0. The molecule has 0 atom stereocenters. The predicted molar refractivity (Wildman–Crippen MR) is 78.4 cm³/mol. The van der Waals surface area contributed by atoms with Crippen molar-refractivity contribution in [3.63, 3.8) is 0 Å². The van der Waals surface area contributed by atoms with E-state index in [0.29, 0.717) is 0 Å². The Morgan fingerprint density at radius 2 is 1.56 bits per heavy atom. The fourth-order valence-electron chi connectivity index (χ4n) is 2.26. The third-order valence-corrected chi connectivity index (χ3v) is 3.19. The standard InChI is InChI=1S/C17H15N/c1-13-15(12-11-14-7-3-2-4-8-14)16-9-5-6-10-17(16)18-13/h2-12,18H,1H3/b12-11+. The number of fused-ring (bicyclic) bond motifs is 1. The summed E-state index contributed by atoms with van der Waals surface area (Å²) in [5.74, 6) is 0. The normalized spacial score (nSPS) is 11.4. The first-order valence-electron chi connectivity index (χ1n) is 6.15. The molecule has 1 N–H and O–H groups in total. The molecule has 88 valence electrons. The molecule has 3 aromatic rings. The highest BCUT2D eigenvalue weighted by Crippen LogP contribution is 2.23. The Morgan fingerprint density at radius 3 is 2.39 bits per heavy atom. The van der Waals surface area contributed by atoms with Crippen molar-refractivity contribution >= 4 is 23.1 Å². The molecule has 0 aliphatic rings. The lowest BCUT2D eigenvalue weighted by atomic mass is 10.1. The number of rotatable bonds is 2. The molecule has 1 heteroatoms. The second-order valence-electron chi connectivity index (χ2n) is 4.45. The predicted octanol–water partition coefficient (Wildman–Crippen LogP) is 4.65. The maximum absolute atomic E-state index is 3.41. The molecule has 0 unspecified atom stereocenters. The molecule has 0 fully saturated rings. The van der Waals surface area contributed by atoms with Gasteiger partial charge in [0.2, 0.25) is 0 Å². The highest BCUT2D eigenvalue weighted by Gasteiger charge is 2.03. The lowest BCUT2D eigenvalue weighted by Gasteiger charge is -1.94. The lowest BCUT2D eigenvalue weighted by Crippen LogP contribution is -1.74. The van der Waals surface area contributed by atoms with Crippen molar-refractivity contribution in [1.82, 2.24) is 4.98 Å². The van der Waals surface area contributed by atoms with Crippen LogP contribution >= 0.6 is 0 Å². The highest BCUT2D eigenvalue weighted by molar-refractivity contribution is 5.92. The van der Waals surface area contributed by atoms with Crippen molar-refractivity contribution in [2.45, 2.75) is 6.92 Å². The van der Waals surface area contributed by atoms with E-state index in [1.165, 1.54) is 27.7 Å². The Balaban J connectivity index is 2.05. The molecular formula is C17H15N. The van der Waals surface area contributed by atoms with Crippen molar-refractivity contribution in [1.29, 1.82) is 0 Å². The van der Waals surface area contributed by atoms with Crippen molar-refractivity contribution in [2.75, 3.05) is 0 Å². The second-order valence-corrected chi connectivity index (χ2v) is 4.45. The number of aromatic amines is 1.